The summed E-state index contributed by atoms with van der Waals surface area (Å²) in [6, 6.07) is 3.66. The van der Waals surface area contributed by atoms with Crippen molar-refractivity contribution in [1.82, 2.24) is 9.24 Å². The lowest BCUT2D eigenvalue weighted by Crippen LogP contribution is -2.47. The highest BCUT2D eigenvalue weighted by Crippen LogP contribution is 2.30. The molecule has 1 aromatic carbocycles. The summed E-state index contributed by atoms with van der Waals surface area (Å²) in [5, 5.41) is 9.04. The largest absolute Gasteiger partial charge is 0.433 e. The fourth-order valence-corrected chi connectivity index (χ4v) is 3.14. The average Bonchev–Trinajstić information content (AvgIpc) is 2.54. The smallest absolute Gasteiger partial charge is 0.335 e. The Balaban J connectivity index is 2.92. The highest BCUT2D eigenvalue weighted by atomic mass is 32.2. The molecular weight excluding hydrogens is 376 g/mol. The molecule has 0 fully saturated rings. The van der Waals surface area contributed by atoms with Gasteiger partial charge in [-0.1, -0.05) is 6.92 Å². The molecule has 0 spiro atoms. The summed E-state index contributed by atoms with van der Waals surface area (Å²) in [4.78, 5) is 24.9. The Morgan fingerprint density at radius 3 is 2.42 bits per heavy atom. The molecule has 0 saturated heterocycles. The van der Waals surface area contributed by atoms with Gasteiger partial charge in [-0.15, -0.1) is 11.8 Å². The van der Waals surface area contributed by atoms with Crippen LogP contribution in [0.15, 0.2) is 26.6 Å². The summed E-state index contributed by atoms with van der Waals surface area (Å²) in [5.41, 5.74) is -5.97. The maximum Gasteiger partial charge on any atom is 0.433 e. The SMILES string of the molecule is CCSc1cc(-n2c(=O)c(C)c(C(F)(F)F)n(N)c2=O)c(F)cc1C#N. The van der Waals surface area contributed by atoms with Crippen molar-refractivity contribution >= 4 is 11.8 Å². The van der Waals surface area contributed by atoms with E-state index in [1.807, 2.05) is 0 Å². The minimum absolute atomic E-state index is 0.0251. The summed E-state index contributed by atoms with van der Waals surface area (Å²) in [7, 11) is 0. The lowest BCUT2D eigenvalue weighted by Gasteiger charge is -2.17. The lowest BCUT2D eigenvalue weighted by atomic mass is 10.2. The molecule has 2 rings (SSSR count). The van der Waals surface area contributed by atoms with E-state index in [1.54, 1.807) is 13.0 Å². The zero-order chi connectivity index (χ0) is 19.8. The Labute approximate surface area is 148 Å². The number of nitrogen functional groups attached to an aromatic ring is 1. The molecule has 6 nitrogen and oxygen atoms in total. The van der Waals surface area contributed by atoms with Crippen LogP contribution in [-0.4, -0.2) is 15.0 Å². The van der Waals surface area contributed by atoms with E-state index in [4.69, 9.17) is 11.1 Å². The van der Waals surface area contributed by atoms with Gasteiger partial charge in [0, 0.05) is 10.5 Å². The van der Waals surface area contributed by atoms with Crippen LogP contribution in [0.1, 0.15) is 23.7 Å². The molecule has 1 aromatic heterocycles. The van der Waals surface area contributed by atoms with E-state index < -0.39 is 40.2 Å². The van der Waals surface area contributed by atoms with Gasteiger partial charge in [0.05, 0.1) is 11.3 Å². The van der Waals surface area contributed by atoms with Crippen LogP contribution in [0.5, 0.6) is 0 Å². The molecular formula is C15H12F4N4O2S. The maximum atomic E-state index is 14.4. The molecule has 2 N–H and O–H groups in total. The zero-order valence-electron chi connectivity index (χ0n) is 13.5. The van der Waals surface area contributed by atoms with Gasteiger partial charge >= 0.3 is 11.9 Å². The Morgan fingerprint density at radius 1 is 1.31 bits per heavy atom. The Kier molecular flexibility index (Phi) is 5.18. The Bertz CT molecular complexity index is 997. The quantitative estimate of drug-likeness (QED) is 0.494. The first-order chi connectivity index (χ1) is 12.0. The van der Waals surface area contributed by atoms with E-state index in [9.17, 15) is 27.2 Å². The van der Waals surface area contributed by atoms with Gasteiger partial charge in [0.1, 0.15) is 11.9 Å². The number of benzene rings is 1. The second-order valence-electron chi connectivity index (χ2n) is 5.11. The number of nitrogens with two attached hydrogens (primary N) is 1. The van der Waals surface area contributed by atoms with Crippen LogP contribution in [0, 0.1) is 24.1 Å². The number of aromatic nitrogens is 2. The van der Waals surface area contributed by atoms with Crippen LogP contribution < -0.4 is 17.1 Å². The van der Waals surface area contributed by atoms with Crippen LogP contribution in [0.2, 0.25) is 0 Å². The molecule has 0 aliphatic heterocycles. The number of nitriles is 1. The third-order valence-corrected chi connectivity index (χ3v) is 4.43. The van der Waals surface area contributed by atoms with E-state index >= 15 is 0 Å². The topological polar surface area (TPSA) is 93.8 Å². The van der Waals surface area contributed by atoms with Crippen molar-refractivity contribution in [3.8, 4) is 11.8 Å². The van der Waals surface area contributed by atoms with Crippen LogP contribution in [0.25, 0.3) is 5.69 Å². The zero-order valence-corrected chi connectivity index (χ0v) is 14.3. The molecule has 0 atom stereocenters. The van der Waals surface area contributed by atoms with Crippen molar-refractivity contribution in [3.05, 3.63) is 55.6 Å². The Morgan fingerprint density at radius 2 is 1.92 bits per heavy atom. The predicted octanol–water partition coefficient (Wildman–Crippen LogP) is 2.16. The summed E-state index contributed by atoms with van der Waals surface area (Å²) in [6.07, 6.45) is -5.04. The van der Waals surface area contributed by atoms with E-state index in [-0.39, 0.29) is 19.7 Å². The minimum Gasteiger partial charge on any atom is -0.335 e. The fraction of sp³-hybridized carbons (Fsp3) is 0.267. The molecule has 1 heterocycles. The molecule has 0 unspecified atom stereocenters. The first-order valence-corrected chi connectivity index (χ1v) is 8.10. The molecule has 26 heavy (non-hydrogen) atoms. The van der Waals surface area contributed by atoms with Crippen molar-refractivity contribution in [2.75, 3.05) is 11.6 Å². The molecule has 0 saturated carbocycles. The van der Waals surface area contributed by atoms with Crippen molar-refractivity contribution < 1.29 is 17.6 Å². The first-order valence-electron chi connectivity index (χ1n) is 7.12. The second-order valence-corrected chi connectivity index (χ2v) is 6.41. The molecule has 0 bridgehead atoms. The van der Waals surface area contributed by atoms with Crippen LogP contribution >= 0.6 is 11.8 Å². The minimum atomic E-state index is -5.04. The number of alkyl halides is 3. The van der Waals surface area contributed by atoms with Crippen LogP contribution in [0.4, 0.5) is 17.6 Å². The fourth-order valence-electron chi connectivity index (χ4n) is 2.38. The van der Waals surface area contributed by atoms with Gasteiger partial charge in [-0.05, 0) is 24.8 Å². The molecule has 0 aliphatic carbocycles. The normalized spacial score (nSPS) is 11.4. The molecule has 0 amide bonds. The Hall–Kier alpha value is -2.74. The average molecular weight is 388 g/mol. The van der Waals surface area contributed by atoms with E-state index in [1.165, 1.54) is 0 Å². The van der Waals surface area contributed by atoms with Crippen LogP contribution in [-0.2, 0) is 6.18 Å². The third-order valence-electron chi connectivity index (χ3n) is 3.50. The number of halogens is 4. The van der Waals surface area contributed by atoms with Gasteiger partial charge in [0.2, 0.25) is 0 Å². The van der Waals surface area contributed by atoms with Crippen molar-refractivity contribution in [2.24, 2.45) is 0 Å². The van der Waals surface area contributed by atoms with E-state index in [2.05, 4.69) is 0 Å². The summed E-state index contributed by atoms with van der Waals surface area (Å²) in [6.45, 7) is 2.60. The van der Waals surface area contributed by atoms with E-state index in [0.29, 0.717) is 5.75 Å². The number of hydrogen-bond acceptors (Lipinski definition) is 5. The second kappa shape index (κ2) is 6.87. The van der Waals surface area contributed by atoms with Gasteiger partial charge < -0.3 is 5.84 Å². The van der Waals surface area contributed by atoms with Gasteiger partial charge in [-0.2, -0.15) is 18.4 Å². The monoisotopic (exact) mass is 388 g/mol. The van der Waals surface area contributed by atoms with Crippen molar-refractivity contribution in [3.63, 3.8) is 0 Å². The van der Waals surface area contributed by atoms with Gasteiger partial charge in [-0.3, -0.25) is 4.79 Å². The number of hydrogen-bond donors (Lipinski definition) is 1. The van der Waals surface area contributed by atoms with Gasteiger partial charge in [-0.25, -0.2) is 18.4 Å². The summed E-state index contributed by atoms with van der Waals surface area (Å²) >= 11 is 1.15. The molecule has 11 heteroatoms. The first kappa shape index (κ1) is 19.6. The molecule has 0 aliphatic rings. The maximum absolute atomic E-state index is 14.4. The third kappa shape index (κ3) is 3.20. The van der Waals surface area contributed by atoms with Crippen molar-refractivity contribution in [1.29, 1.82) is 5.26 Å². The van der Waals surface area contributed by atoms with Gasteiger partial charge in [0.25, 0.3) is 5.56 Å². The summed E-state index contributed by atoms with van der Waals surface area (Å²) in [5.74, 6) is 4.61. The molecule has 2 aromatic rings. The number of nitrogens with zero attached hydrogens (tertiary/aromatic N) is 3. The molecule has 138 valence electrons. The predicted molar refractivity (Wildman–Crippen MR) is 87.3 cm³/mol. The lowest BCUT2D eigenvalue weighted by molar-refractivity contribution is -0.144. The highest BCUT2D eigenvalue weighted by molar-refractivity contribution is 7.99. The number of rotatable bonds is 3. The highest BCUT2D eigenvalue weighted by Gasteiger charge is 2.38. The van der Waals surface area contributed by atoms with Gasteiger partial charge in [0.15, 0.2) is 5.69 Å². The summed E-state index contributed by atoms with van der Waals surface area (Å²) < 4.78 is 53.5. The molecule has 0 radical (unpaired) electrons. The number of thioether (sulfide) groups is 1. The van der Waals surface area contributed by atoms with Crippen LogP contribution in [0.3, 0.4) is 0 Å². The standard InChI is InChI=1S/C15H12F4N4O2S/c1-3-26-11-5-10(9(16)4-8(11)6-20)22-13(24)7(2)12(15(17,18)19)23(21)14(22)25/h4-5H,3,21H2,1-2H3. The van der Waals surface area contributed by atoms with E-state index in [0.717, 1.165) is 30.8 Å². The van der Waals surface area contributed by atoms with Crippen molar-refractivity contribution in [2.45, 2.75) is 24.9 Å².